The molecule has 15 heavy (non-hydrogen) atoms. The van der Waals surface area contributed by atoms with Crippen LogP contribution in [0.4, 0.5) is 0 Å². The monoisotopic (exact) mass is 319 g/mol. The van der Waals surface area contributed by atoms with E-state index in [4.69, 9.17) is 5.11 Å². The average molecular weight is 319 g/mol. The van der Waals surface area contributed by atoms with Crippen LogP contribution >= 0.6 is 22.6 Å². The molecule has 0 aliphatic rings. The number of rotatable bonds is 5. The van der Waals surface area contributed by atoms with Gasteiger partial charge >= 0.3 is 0 Å². The summed E-state index contributed by atoms with van der Waals surface area (Å²) in [7, 11) is 0. The van der Waals surface area contributed by atoms with Crippen molar-refractivity contribution >= 4 is 22.6 Å². The molecule has 0 aromatic heterocycles. The second-order valence-electron chi connectivity index (χ2n) is 3.97. The molecule has 1 aromatic carbocycles. The van der Waals surface area contributed by atoms with Gasteiger partial charge in [0.05, 0.1) is 0 Å². The van der Waals surface area contributed by atoms with Gasteiger partial charge in [0, 0.05) is 22.8 Å². The summed E-state index contributed by atoms with van der Waals surface area (Å²) in [5.74, 6) is 0.316. The number of hydrogen-bond donors (Lipinski definition) is 2. The lowest BCUT2D eigenvalue weighted by Gasteiger charge is -2.16. The molecule has 0 saturated carbocycles. The fraction of sp³-hybridized carbons (Fsp3) is 0.500. The molecule has 0 aliphatic heterocycles. The van der Waals surface area contributed by atoms with Gasteiger partial charge in [-0.15, -0.1) is 0 Å². The summed E-state index contributed by atoms with van der Waals surface area (Å²) in [5.41, 5.74) is 1.29. The molecule has 1 aromatic rings. The first-order valence-electron chi connectivity index (χ1n) is 5.23. The van der Waals surface area contributed by atoms with Crippen molar-refractivity contribution in [2.24, 2.45) is 5.92 Å². The van der Waals surface area contributed by atoms with Gasteiger partial charge in [0.15, 0.2) is 0 Å². The van der Waals surface area contributed by atoms with Gasteiger partial charge in [-0.1, -0.05) is 19.1 Å². The van der Waals surface area contributed by atoms with Crippen LogP contribution in [0, 0.1) is 9.49 Å². The Bertz CT molecular complexity index is 286. The van der Waals surface area contributed by atoms with E-state index in [0.717, 1.165) is 6.54 Å². The van der Waals surface area contributed by atoms with Gasteiger partial charge < -0.3 is 10.4 Å². The van der Waals surface area contributed by atoms with E-state index >= 15 is 0 Å². The van der Waals surface area contributed by atoms with Crippen LogP contribution in [0.15, 0.2) is 24.3 Å². The normalized spacial score (nSPS) is 14.9. The summed E-state index contributed by atoms with van der Waals surface area (Å²) in [6.07, 6.45) is 0. The Labute approximate surface area is 105 Å². The number of aliphatic hydroxyl groups is 1. The van der Waals surface area contributed by atoms with Crippen LogP contribution in [-0.2, 0) is 0 Å². The Kier molecular flexibility index (Phi) is 5.56. The molecule has 0 aliphatic carbocycles. The molecule has 2 atom stereocenters. The lowest BCUT2D eigenvalue weighted by molar-refractivity contribution is 0.231. The molecule has 1 rings (SSSR count). The van der Waals surface area contributed by atoms with Gasteiger partial charge in [-0.05, 0) is 53.1 Å². The number of halogens is 1. The van der Waals surface area contributed by atoms with Gasteiger partial charge in [0.25, 0.3) is 0 Å². The molecule has 0 amide bonds. The van der Waals surface area contributed by atoms with E-state index in [9.17, 15) is 0 Å². The third-order valence-corrected chi connectivity index (χ3v) is 3.17. The maximum absolute atomic E-state index is 8.91. The third kappa shape index (κ3) is 4.49. The Balaban J connectivity index is 2.46. The number of hydrogen-bond acceptors (Lipinski definition) is 2. The SMILES string of the molecule is CC(CO)CNC(C)c1ccc(I)cc1. The minimum atomic E-state index is 0.242. The highest BCUT2D eigenvalue weighted by Gasteiger charge is 2.06. The summed E-state index contributed by atoms with van der Waals surface area (Å²) >= 11 is 2.30. The Hall–Kier alpha value is -0.130. The van der Waals surface area contributed by atoms with Crippen molar-refractivity contribution in [2.75, 3.05) is 13.2 Å². The van der Waals surface area contributed by atoms with Crippen LogP contribution < -0.4 is 5.32 Å². The zero-order chi connectivity index (χ0) is 11.3. The van der Waals surface area contributed by atoms with Gasteiger partial charge in [-0.25, -0.2) is 0 Å². The Morgan fingerprint density at radius 2 is 1.87 bits per heavy atom. The molecule has 84 valence electrons. The lowest BCUT2D eigenvalue weighted by Crippen LogP contribution is -2.26. The molecule has 2 unspecified atom stereocenters. The van der Waals surface area contributed by atoms with Crippen molar-refractivity contribution in [3.05, 3.63) is 33.4 Å². The van der Waals surface area contributed by atoms with E-state index in [0.29, 0.717) is 12.0 Å². The van der Waals surface area contributed by atoms with Gasteiger partial charge in [0.2, 0.25) is 0 Å². The van der Waals surface area contributed by atoms with Crippen LogP contribution in [0.25, 0.3) is 0 Å². The van der Waals surface area contributed by atoms with Gasteiger partial charge in [-0.3, -0.25) is 0 Å². The van der Waals surface area contributed by atoms with Crippen molar-refractivity contribution in [3.8, 4) is 0 Å². The quantitative estimate of drug-likeness (QED) is 0.818. The molecule has 0 bridgehead atoms. The Morgan fingerprint density at radius 3 is 2.40 bits per heavy atom. The third-order valence-electron chi connectivity index (χ3n) is 2.45. The van der Waals surface area contributed by atoms with E-state index < -0.39 is 0 Å². The van der Waals surface area contributed by atoms with E-state index in [2.05, 4.69) is 59.1 Å². The molecule has 0 radical (unpaired) electrons. The minimum absolute atomic E-state index is 0.242. The molecule has 0 fully saturated rings. The fourth-order valence-electron chi connectivity index (χ4n) is 1.31. The standard InChI is InChI=1S/C12H18INO/c1-9(8-15)7-14-10(2)11-3-5-12(13)6-4-11/h3-6,9-10,14-15H,7-8H2,1-2H3. The van der Waals surface area contributed by atoms with Crippen molar-refractivity contribution in [1.82, 2.24) is 5.32 Å². The van der Waals surface area contributed by atoms with E-state index in [1.807, 2.05) is 6.92 Å². The van der Waals surface area contributed by atoms with Crippen LogP contribution in [0.2, 0.25) is 0 Å². The maximum Gasteiger partial charge on any atom is 0.0468 e. The van der Waals surface area contributed by atoms with E-state index in [1.54, 1.807) is 0 Å². The van der Waals surface area contributed by atoms with E-state index in [1.165, 1.54) is 9.13 Å². The molecule has 0 saturated heterocycles. The molecule has 0 spiro atoms. The smallest absolute Gasteiger partial charge is 0.0468 e. The predicted molar refractivity (Wildman–Crippen MR) is 71.8 cm³/mol. The lowest BCUT2D eigenvalue weighted by atomic mass is 10.1. The number of aliphatic hydroxyl groups excluding tert-OH is 1. The average Bonchev–Trinajstić information content (AvgIpc) is 2.26. The topological polar surface area (TPSA) is 32.3 Å². The summed E-state index contributed by atoms with van der Waals surface area (Å²) < 4.78 is 1.26. The molecule has 3 heteroatoms. The predicted octanol–water partition coefficient (Wildman–Crippen LogP) is 2.57. The first-order valence-corrected chi connectivity index (χ1v) is 6.31. The zero-order valence-corrected chi connectivity index (χ0v) is 11.4. The maximum atomic E-state index is 8.91. The van der Waals surface area contributed by atoms with E-state index in [-0.39, 0.29) is 6.61 Å². The zero-order valence-electron chi connectivity index (χ0n) is 9.20. The molecular formula is C12H18INO. The van der Waals surface area contributed by atoms with Crippen molar-refractivity contribution in [3.63, 3.8) is 0 Å². The molecule has 2 nitrogen and oxygen atoms in total. The van der Waals surface area contributed by atoms with Crippen molar-refractivity contribution in [1.29, 1.82) is 0 Å². The fourth-order valence-corrected chi connectivity index (χ4v) is 1.67. The van der Waals surface area contributed by atoms with Gasteiger partial charge in [0.1, 0.15) is 0 Å². The highest BCUT2D eigenvalue weighted by molar-refractivity contribution is 14.1. The number of benzene rings is 1. The second-order valence-corrected chi connectivity index (χ2v) is 5.21. The Morgan fingerprint density at radius 1 is 1.27 bits per heavy atom. The largest absolute Gasteiger partial charge is 0.396 e. The molecular weight excluding hydrogens is 301 g/mol. The molecule has 0 heterocycles. The summed E-state index contributed by atoms with van der Waals surface area (Å²) in [6, 6.07) is 8.86. The van der Waals surface area contributed by atoms with Crippen LogP contribution in [0.3, 0.4) is 0 Å². The number of nitrogens with one attached hydrogen (secondary N) is 1. The highest BCUT2D eigenvalue weighted by atomic mass is 127. The second kappa shape index (κ2) is 6.45. The first-order chi connectivity index (χ1) is 7.13. The van der Waals surface area contributed by atoms with Gasteiger partial charge in [-0.2, -0.15) is 0 Å². The van der Waals surface area contributed by atoms with Crippen LogP contribution in [0.5, 0.6) is 0 Å². The summed E-state index contributed by atoms with van der Waals surface area (Å²) in [4.78, 5) is 0. The first kappa shape index (κ1) is 12.9. The summed E-state index contributed by atoms with van der Waals surface area (Å²) in [6.45, 7) is 5.27. The van der Waals surface area contributed by atoms with Crippen LogP contribution in [0.1, 0.15) is 25.5 Å². The highest BCUT2D eigenvalue weighted by Crippen LogP contribution is 2.14. The van der Waals surface area contributed by atoms with Crippen LogP contribution in [-0.4, -0.2) is 18.3 Å². The molecule has 2 N–H and O–H groups in total. The van der Waals surface area contributed by atoms with Crippen molar-refractivity contribution in [2.45, 2.75) is 19.9 Å². The van der Waals surface area contributed by atoms with Crippen molar-refractivity contribution < 1.29 is 5.11 Å². The minimum Gasteiger partial charge on any atom is -0.396 e. The summed E-state index contributed by atoms with van der Waals surface area (Å²) in [5, 5.41) is 12.3.